The fraction of sp³-hybridized carbons (Fsp3) is 0.542. The fourth-order valence-corrected chi connectivity index (χ4v) is 3.74. The van der Waals surface area contributed by atoms with Crippen molar-refractivity contribution in [3.8, 4) is 5.75 Å². The number of aryl methyl sites for hydroxylation is 1. The van der Waals surface area contributed by atoms with E-state index in [9.17, 15) is 4.79 Å². The number of esters is 1. The lowest BCUT2D eigenvalue weighted by Gasteiger charge is -2.32. The van der Waals surface area contributed by atoms with Crippen molar-refractivity contribution in [2.75, 3.05) is 20.5 Å². The number of rotatable bonds is 9. The lowest BCUT2D eigenvalue weighted by Crippen LogP contribution is -2.41. The molecule has 31 heavy (non-hydrogen) atoms. The molecule has 0 spiro atoms. The third-order valence-electron chi connectivity index (χ3n) is 6.05. The van der Waals surface area contributed by atoms with Crippen LogP contribution in [-0.2, 0) is 30.0 Å². The van der Waals surface area contributed by atoms with Crippen LogP contribution in [0.25, 0.3) is 10.8 Å². The highest BCUT2D eigenvalue weighted by Gasteiger charge is 2.52. The van der Waals surface area contributed by atoms with Crippen molar-refractivity contribution >= 4 is 29.3 Å². The Labute approximate surface area is 185 Å². The van der Waals surface area contributed by atoms with Gasteiger partial charge >= 0.3 is 13.1 Å². The van der Waals surface area contributed by atoms with Crippen LogP contribution in [0.1, 0.15) is 53.0 Å². The van der Waals surface area contributed by atoms with Crippen molar-refractivity contribution < 1.29 is 28.3 Å². The van der Waals surface area contributed by atoms with E-state index in [1.54, 1.807) is 7.11 Å². The number of methoxy groups -OCH3 is 1. The summed E-state index contributed by atoms with van der Waals surface area (Å²) in [5.74, 6) is 0.534. The minimum Gasteiger partial charge on any atom is -0.468 e. The lowest BCUT2D eigenvalue weighted by molar-refractivity contribution is -0.143. The van der Waals surface area contributed by atoms with Gasteiger partial charge in [0.15, 0.2) is 6.79 Å². The summed E-state index contributed by atoms with van der Waals surface area (Å²) in [6, 6.07) is 10.1. The van der Waals surface area contributed by atoms with Crippen LogP contribution in [0.15, 0.2) is 30.3 Å². The number of benzene rings is 2. The van der Waals surface area contributed by atoms with Gasteiger partial charge in [0.1, 0.15) is 5.75 Å². The molecular weight excluding hydrogens is 395 g/mol. The van der Waals surface area contributed by atoms with E-state index in [0.717, 1.165) is 28.2 Å². The van der Waals surface area contributed by atoms with Gasteiger partial charge in [-0.3, -0.25) is 4.79 Å². The average molecular weight is 428 g/mol. The summed E-state index contributed by atoms with van der Waals surface area (Å²) in [7, 11) is 1.07. The third kappa shape index (κ3) is 5.22. The van der Waals surface area contributed by atoms with Crippen molar-refractivity contribution in [1.82, 2.24) is 0 Å². The molecule has 1 fully saturated rings. The molecule has 1 heterocycles. The van der Waals surface area contributed by atoms with Crippen LogP contribution >= 0.6 is 0 Å². The zero-order valence-corrected chi connectivity index (χ0v) is 19.4. The normalized spacial score (nSPS) is 17.2. The molecule has 0 bridgehead atoms. The summed E-state index contributed by atoms with van der Waals surface area (Å²) >= 11 is 0. The standard InChI is InChI=1S/C24H33BO6/c1-7-28-21(26)13-9-11-17-10-8-12-18-14-19(29-16-27-6)15-20(22(17)18)25-30-23(2,3)24(4,5)31-25/h8,10,12,14-15H,7,9,11,13,16H2,1-6H3. The van der Waals surface area contributed by atoms with Crippen molar-refractivity contribution in [1.29, 1.82) is 0 Å². The third-order valence-corrected chi connectivity index (χ3v) is 6.05. The van der Waals surface area contributed by atoms with E-state index < -0.39 is 18.3 Å². The zero-order chi connectivity index (χ0) is 22.6. The van der Waals surface area contributed by atoms with Crippen LogP contribution in [-0.4, -0.2) is 44.8 Å². The second-order valence-electron chi connectivity index (χ2n) is 8.83. The minimum absolute atomic E-state index is 0.160. The Hall–Kier alpha value is -2.09. The molecule has 0 atom stereocenters. The van der Waals surface area contributed by atoms with Gasteiger partial charge in [-0.25, -0.2) is 0 Å². The summed E-state index contributed by atoms with van der Waals surface area (Å²) in [6.07, 6.45) is 1.86. The van der Waals surface area contributed by atoms with Crippen LogP contribution in [0.3, 0.4) is 0 Å². The Balaban J connectivity index is 1.99. The van der Waals surface area contributed by atoms with E-state index in [4.69, 9.17) is 23.5 Å². The number of fused-ring (bicyclic) bond motifs is 1. The minimum atomic E-state index is -0.523. The highest BCUT2D eigenvalue weighted by Crippen LogP contribution is 2.38. The molecule has 2 aromatic rings. The van der Waals surface area contributed by atoms with Gasteiger partial charge in [0.2, 0.25) is 0 Å². The van der Waals surface area contributed by atoms with Gasteiger partial charge in [0, 0.05) is 13.5 Å². The van der Waals surface area contributed by atoms with E-state index in [2.05, 4.69) is 12.1 Å². The maximum absolute atomic E-state index is 11.8. The molecule has 1 aliphatic heterocycles. The molecule has 3 rings (SSSR count). The summed E-state index contributed by atoms with van der Waals surface area (Å²) in [4.78, 5) is 11.8. The lowest BCUT2D eigenvalue weighted by atomic mass is 9.74. The van der Waals surface area contributed by atoms with Crippen LogP contribution < -0.4 is 10.2 Å². The van der Waals surface area contributed by atoms with E-state index in [0.29, 0.717) is 25.2 Å². The predicted molar refractivity (Wildman–Crippen MR) is 122 cm³/mol. The SMILES string of the molecule is CCOC(=O)CCCc1cccc2cc(OCOC)cc(B3OC(C)(C)C(C)(C)O3)c12. The molecule has 168 valence electrons. The van der Waals surface area contributed by atoms with Crippen LogP contribution in [0.4, 0.5) is 0 Å². The molecule has 0 saturated carbocycles. The topological polar surface area (TPSA) is 63.2 Å². The van der Waals surface area contributed by atoms with Gasteiger partial charge in [-0.05, 0) is 81.4 Å². The van der Waals surface area contributed by atoms with Crippen LogP contribution in [0, 0.1) is 0 Å². The molecule has 1 saturated heterocycles. The summed E-state index contributed by atoms with van der Waals surface area (Å²) in [5.41, 5.74) is 1.16. The first-order valence-corrected chi connectivity index (χ1v) is 10.9. The number of hydrogen-bond acceptors (Lipinski definition) is 6. The van der Waals surface area contributed by atoms with Crippen molar-refractivity contribution in [2.45, 2.75) is 65.1 Å². The molecule has 2 aromatic carbocycles. The van der Waals surface area contributed by atoms with Crippen molar-refractivity contribution in [2.24, 2.45) is 0 Å². The number of carbonyl (C=O) groups is 1. The highest BCUT2D eigenvalue weighted by atomic mass is 16.7. The quantitative estimate of drug-likeness (QED) is 0.342. The van der Waals surface area contributed by atoms with Crippen LogP contribution in [0.2, 0.25) is 0 Å². The Morgan fingerprint density at radius 3 is 2.45 bits per heavy atom. The first-order valence-electron chi connectivity index (χ1n) is 10.9. The number of ether oxygens (including phenoxy) is 3. The predicted octanol–water partition coefficient (Wildman–Crippen LogP) is 4.01. The Morgan fingerprint density at radius 1 is 1.10 bits per heavy atom. The maximum atomic E-state index is 11.8. The molecule has 6 nitrogen and oxygen atoms in total. The van der Waals surface area contributed by atoms with Crippen molar-refractivity contribution in [3.63, 3.8) is 0 Å². The highest BCUT2D eigenvalue weighted by molar-refractivity contribution is 6.65. The monoisotopic (exact) mass is 428 g/mol. The smallest absolute Gasteiger partial charge is 0.468 e. The maximum Gasteiger partial charge on any atom is 0.495 e. The Morgan fingerprint density at radius 2 is 1.81 bits per heavy atom. The van der Waals surface area contributed by atoms with Crippen LogP contribution in [0.5, 0.6) is 5.75 Å². The van der Waals surface area contributed by atoms with Crippen molar-refractivity contribution in [3.05, 3.63) is 35.9 Å². The summed E-state index contributed by atoms with van der Waals surface area (Å²) in [6.45, 7) is 10.6. The van der Waals surface area contributed by atoms with Gasteiger partial charge in [-0.15, -0.1) is 0 Å². The first-order chi connectivity index (χ1) is 14.7. The largest absolute Gasteiger partial charge is 0.495 e. The molecule has 7 heteroatoms. The van der Waals surface area contributed by atoms with Gasteiger partial charge in [-0.2, -0.15) is 0 Å². The molecular formula is C24H33BO6. The summed E-state index contributed by atoms with van der Waals surface area (Å²) < 4.78 is 28.6. The van der Waals surface area contributed by atoms with Gasteiger partial charge in [0.05, 0.1) is 17.8 Å². The van der Waals surface area contributed by atoms with E-state index in [1.165, 1.54) is 0 Å². The molecule has 0 N–H and O–H groups in total. The number of carbonyl (C=O) groups excluding carboxylic acids is 1. The summed E-state index contributed by atoms with van der Waals surface area (Å²) in [5, 5.41) is 2.11. The molecule has 0 amide bonds. The molecule has 0 aliphatic carbocycles. The first kappa shape index (κ1) is 23.6. The van der Waals surface area contributed by atoms with Gasteiger partial charge in [-0.1, -0.05) is 18.2 Å². The molecule has 0 aromatic heterocycles. The second kappa shape index (κ2) is 9.59. The van der Waals surface area contributed by atoms with Gasteiger partial charge in [0.25, 0.3) is 0 Å². The van der Waals surface area contributed by atoms with E-state index in [1.807, 2.05) is 52.8 Å². The zero-order valence-electron chi connectivity index (χ0n) is 19.4. The number of hydrogen-bond donors (Lipinski definition) is 0. The Bertz CT molecular complexity index is 908. The molecule has 0 unspecified atom stereocenters. The van der Waals surface area contributed by atoms with E-state index >= 15 is 0 Å². The van der Waals surface area contributed by atoms with E-state index in [-0.39, 0.29) is 12.8 Å². The second-order valence-corrected chi connectivity index (χ2v) is 8.83. The Kier molecular flexibility index (Phi) is 7.29. The fourth-order valence-electron chi connectivity index (χ4n) is 3.74. The van der Waals surface area contributed by atoms with Gasteiger partial charge < -0.3 is 23.5 Å². The molecule has 0 radical (unpaired) electrons. The molecule has 1 aliphatic rings. The average Bonchev–Trinajstić information content (AvgIpc) is 2.93.